The first-order valence-electron chi connectivity index (χ1n) is 9.63. The van der Waals surface area contributed by atoms with Crippen molar-refractivity contribution >= 4 is 29.3 Å². The van der Waals surface area contributed by atoms with Crippen LogP contribution in [0.25, 0.3) is 11.4 Å². The van der Waals surface area contributed by atoms with E-state index in [1.54, 1.807) is 6.92 Å². The molecule has 2 aromatic carbocycles. The van der Waals surface area contributed by atoms with Gasteiger partial charge in [0.2, 0.25) is 17.0 Å². The zero-order valence-corrected chi connectivity index (χ0v) is 18.3. The van der Waals surface area contributed by atoms with Gasteiger partial charge in [-0.3, -0.25) is 14.7 Å². The third-order valence-electron chi connectivity index (χ3n) is 4.61. The van der Waals surface area contributed by atoms with Crippen LogP contribution in [-0.2, 0) is 9.59 Å². The molecule has 3 rings (SSSR count). The molecule has 0 saturated carbocycles. The molecule has 1 atom stereocenters. The maximum Gasteiger partial charge on any atom is 0.243 e. The second-order valence-electron chi connectivity index (χ2n) is 7.13. The Morgan fingerprint density at radius 2 is 1.73 bits per heavy atom. The van der Waals surface area contributed by atoms with Gasteiger partial charge in [-0.05, 0) is 38.8 Å². The first kappa shape index (κ1) is 21.6. The van der Waals surface area contributed by atoms with E-state index >= 15 is 0 Å². The van der Waals surface area contributed by atoms with Crippen LogP contribution in [0.5, 0.6) is 0 Å². The van der Waals surface area contributed by atoms with Crippen LogP contribution in [-0.4, -0.2) is 38.8 Å². The highest BCUT2D eigenvalue weighted by Gasteiger charge is 2.18. The average Bonchev–Trinajstić information content (AvgIpc) is 3.18. The number of hydrogen-bond acceptors (Lipinski definition) is 5. The van der Waals surface area contributed by atoms with Crippen molar-refractivity contribution in [2.24, 2.45) is 0 Å². The van der Waals surface area contributed by atoms with Crippen LogP contribution in [0.1, 0.15) is 23.6 Å². The number of aromatic nitrogens is 3. The topological polar surface area (TPSA) is 99.8 Å². The van der Waals surface area contributed by atoms with Crippen LogP contribution in [0, 0.1) is 20.8 Å². The molecule has 7 nitrogen and oxygen atoms in total. The van der Waals surface area contributed by atoms with Crippen molar-refractivity contribution < 1.29 is 9.59 Å². The van der Waals surface area contributed by atoms with Crippen molar-refractivity contribution in [1.29, 1.82) is 0 Å². The lowest BCUT2D eigenvalue weighted by Crippen LogP contribution is -2.37. The molecule has 30 heavy (non-hydrogen) atoms. The van der Waals surface area contributed by atoms with Gasteiger partial charge in [-0.1, -0.05) is 59.8 Å². The number of carbonyl (C=O) groups excluding carboxylic acids is 2. The van der Waals surface area contributed by atoms with E-state index in [1.807, 2.05) is 63.2 Å². The fourth-order valence-electron chi connectivity index (χ4n) is 2.86. The van der Waals surface area contributed by atoms with E-state index in [9.17, 15) is 9.59 Å². The minimum absolute atomic E-state index is 0.0971. The summed E-state index contributed by atoms with van der Waals surface area (Å²) in [5.74, 6) is 0.133. The number of para-hydroxylation sites is 1. The number of rotatable bonds is 7. The smallest absolute Gasteiger partial charge is 0.243 e. The summed E-state index contributed by atoms with van der Waals surface area (Å²) < 4.78 is 0. The second-order valence-corrected chi connectivity index (χ2v) is 8.43. The Morgan fingerprint density at radius 1 is 1.07 bits per heavy atom. The monoisotopic (exact) mass is 423 g/mol. The van der Waals surface area contributed by atoms with E-state index in [1.165, 1.54) is 17.3 Å². The Hall–Kier alpha value is -3.13. The van der Waals surface area contributed by atoms with Gasteiger partial charge < -0.3 is 10.6 Å². The molecule has 2 amide bonds. The normalized spacial score (nSPS) is 11.7. The summed E-state index contributed by atoms with van der Waals surface area (Å²) in [6, 6.07) is 13.7. The number of anilines is 1. The summed E-state index contributed by atoms with van der Waals surface area (Å²) in [6.45, 7) is 7.54. The molecule has 0 saturated heterocycles. The first-order chi connectivity index (χ1) is 14.3. The zero-order valence-electron chi connectivity index (χ0n) is 17.4. The molecule has 0 aliphatic rings. The number of thioether (sulfide) groups is 1. The maximum atomic E-state index is 12.4. The molecular formula is C22H25N5O2S. The van der Waals surface area contributed by atoms with Gasteiger partial charge in [0.1, 0.15) is 0 Å². The largest absolute Gasteiger partial charge is 0.346 e. The van der Waals surface area contributed by atoms with Crippen LogP contribution in [0.4, 0.5) is 5.69 Å². The van der Waals surface area contributed by atoms with E-state index in [0.717, 1.165) is 22.4 Å². The molecule has 0 fully saturated rings. The number of hydrogen-bond donors (Lipinski definition) is 3. The quantitative estimate of drug-likeness (QED) is 0.504. The van der Waals surface area contributed by atoms with Gasteiger partial charge in [0.05, 0.1) is 11.8 Å². The van der Waals surface area contributed by atoms with Crippen molar-refractivity contribution in [1.82, 2.24) is 20.5 Å². The Kier molecular flexibility index (Phi) is 6.89. The lowest BCUT2D eigenvalue weighted by atomic mass is 10.1. The fourth-order valence-corrected chi connectivity index (χ4v) is 3.61. The summed E-state index contributed by atoms with van der Waals surface area (Å²) in [4.78, 5) is 29.0. The molecule has 156 valence electrons. The number of aryl methyl sites for hydroxylation is 3. The number of amides is 2. The van der Waals surface area contributed by atoms with Crippen LogP contribution in [0.2, 0.25) is 0 Å². The van der Waals surface area contributed by atoms with Crippen LogP contribution in [0.15, 0.2) is 47.6 Å². The summed E-state index contributed by atoms with van der Waals surface area (Å²) in [6.07, 6.45) is 0. The highest BCUT2D eigenvalue weighted by atomic mass is 32.2. The summed E-state index contributed by atoms with van der Waals surface area (Å²) in [7, 11) is 0. The minimum Gasteiger partial charge on any atom is -0.346 e. The number of carbonyl (C=O) groups is 2. The summed E-state index contributed by atoms with van der Waals surface area (Å²) >= 11 is 1.23. The molecule has 0 radical (unpaired) electrons. The SMILES string of the molecule is Cc1ccc(-c2nc(SC(C)C(=O)NCC(=O)Nc3c(C)cccc3C)n[nH]2)cc1. The minimum atomic E-state index is -0.445. The number of benzene rings is 2. The predicted octanol–water partition coefficient (Wildman–Crippen LogP) is 3.63. The van der Waals surface area contributed by atoms with Crippen LogP contribution < -0.4 is 10.6 Å². The standard InChI is InChI=1S/C22H25N5O2S/c1-13-8-10-17(11-9-13)20-25-22(27-26-20)30-16(4)21(29)23-12-18(28)24-19-14(2)6-5-7-15(19)3/h5-11,16H,12H2,1-4H3,(H,23,29)(H,24,28)(H,25,26,27). The van der Waals surface area contributed by atoms with Gasteiger partial charge in [0.25, 0.3) is 0 Å². The third-order valence-corrected chi connectivity index (χ3v) is 5.57. The molecule has 1 heterocycles. The van der Waals surface area contributed by atoms with Crippen LogP contribution >= 0.6 is 11.8 Å². The Bertz CT molecular complexity index is 1030. The molecule has 0 aliphatic heterocycles. The first-order valence-corrected chi connectivity index (χ1v) is 10.5. The van der Waals surface area contributed by atoms with Crippen molar-refractivity contribution in [3.8, 4) is 11.4 Å². The molecule has 0 bridgehead atoms. The number of nitrogens with zero attached hydrogens (tertiary/aromatic N) is 2. The molecule has 3 N–H and O–H groups in total. The number of nitrogens with one attached hydrogen (secondary N) is 3. The highest BCUT2D eigenvalue weighted by molar-refractivity contribution is 8.00. The highest BCUT2D eigenvalue weighted by Crippen LogP contribution is 2.23. The van der Waals surface area contributed by atoms with E-state index in [2.05, 4.69) is 25.8 Å². The maximum absolute atomic E-state index is 12.4. The van der Waals surface area contributed by atoms with Crippen molar-refractivity contribution in [3.63, 3.8) is 0 Å². The fraction of sp³-hybridized carbons (Fsp3) is 0.273. The molecule has 8 heteroatoms. The molecular weight excluding hydrogens is 398 g/mol. The lowest BCUT2D eigenvalue weighted by molar-refractivity contribution is -0.123. The van der Waals surface area contributed by atoms with Crippen LogP contribution in [0.3, 0.4) is 0 Å². The van der Waals surface area contributed by atoms with Crippen molar-refractivity contribution in [3.05, 3.63) is 59.2 Å². The van der Waals surface area contributed by atoms with Gasteiger partial charge in [-0.25, -0.2) is 4.98 Å². The van der Waals surface area contributed by atoms with E-state index < -0.39 is 5.25 Å². The van der Waals surface area contributed by atoms with E-state index in [0.29, 0.717) is 11.0 Å². The lowest BCUT2D eigenvalue weighted by Gasteiger charge is -2.13. The van der Waals surface area contributed by atoms with Gasteiger partial charge in [-0.15, -0.1) is 5.10 Å². The van der Waals surface area contributed by atoms with Crippen molar-refractivity contribution in [2.75, 3.05) is 11.9 Å². The Balaban J connectivity index is 1.51. The third kappa shape index (κ3) is 5.48. The average molecular weight is 424 g/mol. The van der Waals surface area contributed by atoms with Gasteiger partial charge in [-0.2, -0.15) is 0 Å². The van der Waals surface area contributed by atoms with Gasteiger partial charge in [0.15, 0.2) is 5.82 Å². The predicted molar refractivity (Wildman–Crippen MR) is 119 cm³/mol. The van der Waals surface area contributed by atoms with Gasteiger partial charge in [0, 0.05) is 11.3 Å². The number of aromatic amines is 1. The van der Waals surface area contributed by atoms with Gasteiger partial charge >= 0.3 is 0 Å². The van der Waals surface area contributed by atoms with Crippen molar-refractivity contribution in [2.45, 2.75) is 38.1 Å². The van der Waals surface area contributed by atoms with E-state index in [-0.39, 0.29) is 18.4 Å². The summed E-state index contributed by atoms with van der Waals surface area (Å²) in [5, 5.41) is 12.6. The Labute approximate surface area is 180 Å². The molecule has 0 aliphatic carbocycles. The number of H-pyrrole nitrogens is 1. The second kappa shape index (κ2) is 9.58. The molecule has 0 spiro atoms. The molecule has 1 unspecified atom stereocenters. The molecule has 3 aromatic rings. The summed E-state index contributed by atoms with van der Waals surface area (Å²) in [5.41, 5.74) is 4.84. The van der Waals surface area contributed by atoms with E-state index in [4.69, 9.17) is 0 Å². The zero-order chi connectivity index (χ0) is 21.7. The Morgan fingerprint density at radius 3 is 2.40 bits per heavy atom. The molecule has 1 aromatic heterocycles.